The number of aryl methyl sites for hydroxylation is 1. The first-order valence-corrected chi connectivity index (χ1v) is 12.2. The van der Waals surface area contributed by atoms with Crippen LogP contribution in [0.3, 0.4) is 0 Å². The molecular weight excluding hydrogens is 460 g/mol. The zero-order chi connectivity index (χ0) is 25.2. The molecule has 4 heterocycles. The van der Waals surface area contributed by atoms with E-state index < -0.39 is 0 Å². The van der Waals surface area contributed by atoms with Crippen molar-refractivity contribution in [3.8, 4) is 28.3 Å². The summed E-state index contributed by atoms with van der Waals surface area (Å²) in [6.07, 6.45) is 3.82. The van der Waals surface area contributed by atoms with Gasteiger partial charge in [0.15, 0.2) is 5.65 Å². The Morgan fingerprint density at radius 2 is 1.62 bits per heavy atom. The average molecular weight is 487 g/mol. The van der Waals surface area contributed by atoms with Gasteiger partial charge in [-0.25, -0.2) is 9.97 Å². The van der Waals surface area contributed by atoms with E-state index in [-0.39, 0.29) is 0 Å². The van der Waals surface area contributed by atoms with Crippen molar-refractivity contribution in [2.45, 2.75) is 20.0 Å². The third-order valence-electron chi connectivity index (χ3n) is 6.52. The minimum absolute atomic E-state index is 0.623. The number of nitrogens with one attached hydrogen (secondary N) is 1. The molecule has 0 atom stereocenters. The lowest BCUT2D eigenvalue weighted by atomic mass is 9.97. The Hall–Kier alpha value is -4.62. The summed E-state index contributed by atoms with van der Waals surface area (Å²) in [6.45, 7) is 3.45. The van der Waals surface area contributed by atoms with E-state index in [1.165, 1.54) is 5.56 Å². The predicted molar refractivity (Wildman–Crippen MR) is 145 cm³/mol. The summed E-state index contributed by atoms with van der Waals surface area (Å²) in [5.74, 6) is 1.48. The van der Waals surface area contributed by atoms with Gasteiger partial charge in [-0.05, 0) is 35.7 Å². The fraction of sp³-hybridized carbons (Fsp3) is 0.133. The van der Waals surface area contributed by atoms with Gasteiger partial charge in [-0.1, -0.05) is 60.7 Å². The Bertz CT molecular complexity index is 1680. The number of ether oxygens (including phenoxy) is 1. The van der Waals surface area contributed by atoms with Crippen molar-refractivity contribution in [1.82, 2.24) is 29.9 Å². The molecule has 6 rings (SSSR count). The van der Waals surface area contributed by atoms with Gasteiger partial charge in [0.2, 0.25) is 5.88 Å². The van der Waals surface area contributed by atoms with Crippen LogP contribution >= 0.6 is 0 Å². The smallest absolute Gasteiger partial charge is 0.212 e. The fourth-order valence-electron chi connectivity index (χ4n) is 4.54. The zero-order valence-electron chi connectivity index (χ0n) is 20.7. The van der Waals surface area contributed by atoms with Crippen LogP contribution in [0.25, 0.3) is 38.9 Å². The van der Waals surface area contributed by atoms with Crippen LogP contribution < -0.4 is 10.1 Å². The van der Waals surface area contributed by atoms with E-state index in [1.807, 2.05) is 48.0 Å². The van der Waals surface area contributed by atoms with Crippen LogP contribution in [0.5, 0.6) is 5.88 Å². The number of methoxy groups -OCH3 is 1. The normalized spacial score (nSPS) is 11.3. The second kappa shape index (κ2) is 9.79. The number of fused-ring (bicyclic) bond motifs is 3. The molecule has 0 unspecified atom stereocenters. The van der Waals surface area contributed by atoms with Crippen molar-refractivity contribution in [3.05, 3.63) is 108 Å². The number of nitrogens with zero attached hydrogens (tertiary/aromatic N) is 5. The lowest BCUT2D eigenvalue weighted by Crippen LogP contribution is -2.12. The first-order chi connectivity index (χ1) is 18.2. The molecular formula is C30H26N6O. The van der Waals surface area contributed by atoms with Gasteiger partial charge in [-0.3, -0.25) is 4.40 Å². The molecule has 0 amide bonds. The number of rotatable bonds is 7. The van der Waals surface area contributed by atoms with Gasteiger partial charge in [-0.2, -0.15) is 0 Å². The van der Waals surface area contributed by atoms with Crippen LogP contribution in [0.4, 0.5) is 0 Å². The number of pyridine rings is 3. The summed E-state index contributed by atoms with van der Waals surface area (Å²) in [5, 5.41) is 13.1. The highest BCUT2D eigenvalue weighted by atomic mass is 16.5. The zero-order valence-corrected chi connectivity index (χ0v) is 20.7. The van der Waals surface area contributed by atoms with Crippen molar-refractivity contribution < 1.29 is 4.74 Å². The highest BCUT2D eigenvalue weighted by molar-refractivity contribution is 5.98. The second-order valence-corrected chi connectivity index (χ2v) is 8.95. The van der Waals surface area contributed by atoms with Crippen LogP contribution in [0.2, 0.25) is 0 Å². The quantitative estimate of drug-likeness (QED) is 0.316. The summed E-state index contributed by atoms with van der Waals surface area (Å²) >= 11 is 0. The van der Waals surface area contributed by atoms with E-state index in [1.54, 1.807) is 7.11 Å². The third-order valence-corrected chi connectivity index (χ3v) is 6.52. The van der Waals surface area contributed by atoms with E-state index >= 15 is 0 Å². The molecule has 0 spiro atoms. The Balaban J connectivity index is 1.31. The molecule has 0 aliphatic carbocycles. The molecule has 6 aromatic rings. The molecule has 7 nitrogen and oxygen atoms in total. The molecule has 0 fully saturated rings. The molecule has 0 radical (unpaired) electrons. The Labute approximate surface area is 214 Å². The Morgan fingerprint density at radius 3 is 2.38 bits per heavy atom. The Kier molecular flexibility index (Phi) is 6.04. The van der Waals surface area contributed by atoms with E-state index in [0.29, 0.717) is 5.88 Å². The SMILES string of the molecule is COc1ccc(CNCc2ccc(-c3nc4ccn5c(C)nnc5c4cc3-c3ccccc3)cc2)cn1. The monoisotopic (exact) mass is 486 g/mol. The van der Waals surface area contributed by atoms with Gasteiger partial charge in [0, 0.05) is 48.1 Å². The van der Waals surface area contributed by atoms with Crippen LogP contribution in [0, 0.1) is 6.92 Å². The molecule has 37 heavy (non-hydrogen) atoms. The number of hydrogen-bond acceptors (Lipinski definition) is 6. The van der Waals surface area contributed by atoms with E-state index in [0.717, 1.165) is 63.4 Å². The maximum atomic E-state index is 5.13. The van der Waals surface area contributed by atoms with Crippen LogP contribution in [-0.4, -0.2) is 31.7 Å². The number of benzene rings is 2. The standard InChI is InChI=1S/C30H26N6O/c1-20-34-35-30-26-16-25(23-6-4-3-5-7-23)29(33-27(26)14-15-36(20)30)24-11-8-21(9-12-24)17-31-18-22-10-13-28(37-2)32-19-22/h3-16,19,31H,17-18H2,1-2H3. The summed E-state index contributed by atoms with van der Waals surface area (Å²) in [6, 6.07) is 27.1. The average Bonchev–Trinajstić information content (AvgIpc) is 3.34. The topological polar surface area (TPSA) is 77.2 Å². The summed E-state index contributed by atoms with van der Waals surface area (Å²) in [4.78, 5) is 9.38. The molecule has 4 aromatic heterocycles. The van der Waals surface area contributed by atoms with Crippen LogP contribution in [0.15, 0.2) is 91.3 Å². The van der Waals surface area contributed by atoms with Crippen LogP contribution in [0.1, 0.15) is 17.0 Å². The van der Waals surface area contributed by atoms with Gasteiger partial charge in [-0.15, -0.1) is 10.2 Å². The minimum atomic E-state index is 0.623. The summed E-state index contributed by atoms with van der Waals surface area (Å²) < 4.78 is 7.13. The summed E-state index contributed by atoms with van der Waals surface area (Å²) in [5.41, 5.74) is 8.23. The van der Waals surface area contributed by atoms with E-state index in [2.05, 4.69) is 75.1 Å². The highest BCUT2D eigenvalue weighted by Gasteiger charge is 2.15. The van der Waals surface area contributed by atoms with Gasteiger partial charge in [0.05, 0.1) is 18.3 Å². The number of hydrogen-bond donors (Lipinski definition) is 1. The fourth-order valence-corrected chi connectivity index (χ4v) is 4.54. The molecule has 0 saturated heterocycles. The molecule has 0 bridgehead atoms. The van der Waals surface area contributed by atoms with E-state index in [4.69, 9.17) is 9.72 Å². The molecule has 182 valence electrons. The predicted octanol–water partition coefficient (Wildman–Crippen LogP) is 5.61. The van der Waals surface area contributed by atoms with Crippen molar-refractivity contribution >= 4 is 16.6 Å². The van der Waals surface area contributed by atoms with E-state index in [9.17, 15) is 0 Å². The summed E-state index contributed by atoms with van der Waals surface area (Å²) in [7, 11) is 1.62. The Morgan fingerprint density at radius 1 is 0.838 bits per heavy atom. The molecule has 2 aromatic carbocycles. The van der Waals surface area contributed by atoms with Crippen molar-refractivity contribution in [2.24, 2.45) is 0 Å². The minimum Gasteiger partial charge on any atom is -0.481 e. The maximum absolute atomic E-state index is 5.13. The first-order valence-electron chi connectivity index (χ1n) is 12.2. The van der Waals surface area contributed by atoms with Gasteiger partial charge in [0.1, 0.15) is 5.82 Å². The molecule has 0 aliphatic heterocycles. The number of aromatic nitrogens is 5. The molecule has 1 N–H and O–H groups in total. The molecule has 0 saturated carbocycles. The molecule has 7 heteroatoms. The van der Waals surface area contributed by atoms with Gasteiger partial charge in [0.25, 0.3) is 0 Å². The highest BCUT2D eigenvalue weighted by Crippen LogP contribution is 2.34. The third kappa shape index (κ3) is 4.52. The first kappa shape index (κ1) is 22.8. The van der Waals surface area contributed by atoms with Crippen molar-refractivity contribution in [1.29, 1.82) is 0 Å². The maximum Gasteiger partial charge on any atom is 0.212 e. The van der Waals surface area contributed by atoms with Crippen LogP contribution in [-0.2, 0) is 13.1 Å². The lowest BCUT2D eigenvalue weighted by Gasteiger charge is -2.13. The van der Waals surface area contributed by atoms with Gasteiger partial charge >= 0.3 is 0 Å². The van der Waals surface area contributed by atoms with Gasteiger partial charge < -0.3 is 10.1 Å². The van der Waals surface area contributed by atoms with Crippen molar-refractivity contribution in [2.75, 3.05) is 7.11 Å². The second-order valence-electron chi connectivity index (χ2n) is 8.95. The molecule has 0 aliphatic rings. The van der Waals surface area contributed by atoms with Crippen molar-refractivity contribution in [3.63, 3.8) is 0 Å². The lowest BCUT2D eigenvalue weighted by molar-refractivity contribution is 0.397. The largest absolute Gasteiger partial charge is 0.481 e.